The lowest BCUT2D eigenvalue weighted by Gasteiger charge is -1.93. The van der Waals surface area contributed by atoms with Gasteiger partial charge in [-0.05, 0) is 25.2 Å². The molecular weight excluding hydrogens is 153 g/mol. The molecule has 0 heterocycles. The first-order valence-corrected chi connectivity index (χ1v) is 6.88. The molecule has 0 aliphatic rings. The zero-order chi connectivity index (χ0) is 6.24. The SMILES string of the molecule is PCCCCCPP. The van der Waals surface area contributed by atoms with Crippen LogP contribution in [0.15, 0.2) is 0 Å². The first-order valence-electron chi connectivity index (χ1n) is 3.05. The average molecular weight is 168 g/mol. The van der Waals surface area contributed by atoms with Crippen LogP contribution in [0.2, 0.25) is 0 Å². The Morgan fingerprint density at radius 2 is 1.88 bits per heavy atom. The predicted octanol–water partition coefficient (Wildman–Crippen LogP) is 2.50. The summed E-state index contributed by atoms with van der Waals surface area (Å²) in [5.74, 6) is 0. The van der Waals surface area contributed by atoms with Gasteiger partial charge >= 0.3 is 0 Å². The molecule has 0 saturated carbocycles. The van der Waals surface area contributed by atoms with Gasteiger partial charge in [0.1, 0.15) is 0 Å². The van der Waals surface area contributed by atoms with Gasteiger partial charge in [-0.25, -0.2) is 0 Å². The molecule has 0 aliphatic carbocycles. The van der Waals surface area contributed by atoms with Crippen LogP contribution in [0.3, 0.4) is 0 Å². The Morgan fingerprint density at radius 1 is 1.12 bits per heavy atom. The Hall–Kier alpha value is 1.29. The zero-order valence-electron chi connectivity index (χ0n) is 5.19. The molecular formula is C5H15P3. The highest BCUT2D eigenvalue weighted by Crippen LogP contribution is 2.21. The number of hydrogen-bond donors (Lipinski definition) is 0. The summed E-state index contributed by atoms with van der Waals surface area (Å²) in [4.78, 5) is 0. The molecule has 0 bridgehead atoms. The number of unbranched alkanes of at least 4 members (excludes halogenated alkanes) is 2. The third-order valence-electron chi connectivity index (χ3n) is 1.03. The standard InChI is InChI=1S/C5H15P3/c6-4-2-1-3-5-8-7/h8H,1-7H2. The highest BCUT2D eigenvalue weighted by atomic mass is 32.0. The van der Waals surface area contributed by atoms with E-state index in [1.165, 1.54) is 31.6 Å². The molecule has 0 spiro atoms. The van der Waals surface area contributed by atoms with Gasteiger partial charge in [0.2, 0.25) is 0 Å². The minimum Gasteiger partial charge on any atom is -0.138 e. The van der Waals surface area contributed by atoms with Gasteiger partial charge in [0.25, 0.3) is 0 Å². The lowest BCUT2D eigenvalue weighted by molar-refractivity contribution is 0.785. The molecule has 3 unspecified atom stereocenters. The molecule has 50 valence electrons. The fourth-order valence-electron chi connectivity index (χ4n) is 0.548. The van der Waals surface area contributed by atoms with Crippen LogP contribution in [0.5, 0.6) is 0 Å². The van der Waals surface area contributed by atoms with Gasteiger partial charge in [0.15, 0.2) is 0 Å². The quantitative estimate of drug-likeness (QED) is 0.437. The van der Waals surface area contributed by atoms with Crippen molar-refractivity contribution in [2.24, 2.45) is 0 Å². The number of hydrogen-bond acceptors (Lipinski definition) is 0. The molecule has 3 heteroatoms. The zero-order valence-corrected chi connectivity index (χ0v) is 8.50. The highest BCUT2D eigenvalue weighted by molar-refractivity contribution is 8.02. The van der Waals surface area contributed by atoms with Gasteiger partial charge in [-0.1, -0.05) is 6.42 Å². The Kier molecular flexibility index (Phi) is 9.63. The van der Waals surface area contributed by atoms with Crippen LogP contribution in [-0.2, 0) is 0 Å². The van der Waals surface area contributed by atoms with Crippen LogP contribution in [0.4, 0.5) is 0 Å². The van der Waals surface area contributed by atoms with Crippen LogP contribution >= 0.6 is 26.4 Å². The van der Waals surface area contributed by atoms with Crippen molar-refractivity contribution in [2.45, 2.75) is 19.3 Å². The summed E-state index contributed by atoms with van der Waals surface area (Å²) in [6.07, 6.45) is 6.93. The molecule has 0 aromatic heterocycles. The Labute approximate surface area is 58.7 Å². The highest BCUT2D eigenvalue weighted by Gasteiger charge is 1.83. The van der Waals surface area contributed by atoms with Crippen LogP contribution < -0.4 is 0 Å². The summed E-state index contributed by atoms with van der Waals surface area (Å²) in [6, 6.07) is 0. The van der Waals surface area contributed by atoms with Gasteiger partial charge in [0, 0.05) is 0 Å². The molecule has 8 heavy (non-hydrogen) atoms. The van der Waals surface area contributed by atoms with Crippen molar-refractivity contribution in [3.63, 3.8) is 0 Å². The monoisotopic (exact) mass is 168 g/mol. The van der Waals surface area contributed by atoms with Gasteiger partial charge in [-0.15, -0.1) is 26.4 Å². The molecule has 0 rings (SSSR count). The molecule has 0 amide bonds. The van der Waals surface area contributed by atoms with Gasteiger partial charge < -0.3 is 0 Å². The summed E-state index contributed by atoms with van der Waals surface area (Å²) in [6.45, 7) is 0. The third-order valence-corrected chi connectivity index (χ3v) is 2.94. The molecule has 0 fully saturated rings. The van der Waals surface area contributed by atoms with E-state index in [4.69, 9.17) is 0 Å². The van der Waals surface area contributed by atoms with Crippen LogP contribution in [0.25, 0.3) is 0 Å². The molecule has 0 nitrogen and oxygen atoms in total. The first kappa shape index (κ1) is 9.29. The van der Waals surface area contributed by atoms with Gasteiger partial charge in [0.05, 0.1) is 0 Å². The fourth-order valence-corrected chi connectivity index (χ4v) is 1.90. The molecule has 0 aliphatic heterocycles. The minimum atomic E-state index is 1.08. The van der Waals surface area contributed by atoms with Crippen molar-refractivity contribution in [3.05, 3.63) is 0 Å². The Morgan fingerprint density at radius 3 is 2.38 bits per heavy atom. The van der Waals surface area contributed by atoms with Crippen LogP contribution in [0.1, 0.15) is 19.3 Å². The summed E-state index contributed by atoms with van der Waals surface area (Å²) < 4.78 is 0. The van der Waals surface area contributed by atoms with E-state index in [0.717, 1.165) is 8.27 Å². The molecule has 0 aromatic rings. The van der Waals surface area contributed by atoms with Crippen molar-refractivity contribution < 1.29 is 0 Å². The van der Waals surface area contributed by atoms with E-state index in [9.17, 15) is 0 Å². The first-order chi connectivity index (χ1) is 3.91. The topological polar surface area (TPSA) is 0 Å². The summed E-state index contributed by atoms with van der Waals surface area (Å²) in [5, 5.41) is 0. The van der Waals surface area contributed by atoms with E-state index in [0.29, 0.717) is 0 Å². The molecule has 0 saturated heterocycles. The summed E-state index contributed by atoms with van der Waals surface area (Å²) in [5.41, 5.74) is 0. The third kappa shape index (κ3) is 7.29. The Bertz CT molecular complexity index is 32.7. The minimum absolute atomic E-state index is 1.08. The summed E-state index contributed by atoms with van der Waals surface area (Å²) in [7, 11) is 6.63. The van der Waals surface area contributed by atoms with Crippen molar-refractivity contribution in [2.75, 3.05) is 12.3 Å². The van der Waals surface area contributed by atoms with Crippen molar-refractivity contribution in [1.82, 2.24) is 0 Å². The van der Waals surface area contributed by atoms with Crippen molar-refractivity contribution in [3.8, 4) is 0 Å². The van der Waals surface area contributed by atoms with Crippen molar-refractivity contribution in [1.29, 1.82) is 0 Å². The predicted molar refractivity (Wildman–Crippen MR) is 51.3 cm³/mol. The number of rotatable bonds is 5. The second-order valence-electron chi connectivity index (χ2n) is 1.80. The Balaban J connectivity index is 2.53. The van der Waals surface area contributed by atoms with Gasteiger partial charge in [-0.2, -0.15) is 0 Å². The van der Waals surface area contributed by atoms with E-state index in [1.807, 2.05) is 0 Å². The molecule has 0 aromatic carbocycles. The lowest BCUT2D eigenvalue weighted by atomic mass is 10.3. The van der Waals surface area contributed by atoms with Crippen LogP contribution in [-0.4, -0.2) is 12.3 Å². The van der Waals surface area contributed by atoms with E-state index in [-0.39, 0.29) is 0 Å². The second kappa shape index (κ2) is 8.29. The van der Waals surface area contributed by atoms with Crippen molar-refractivity contribution >= 4 is 26.4 Å². The maximum absolute atomic E-state index is 2.79. The largest absolute Gasteiger partial charge is 0.138 e. The van der Waals surface area contributed by atoms with E-state index in [2.05, 4.69) is 18.2 Å². The maximum atomic E-state index is 2.79. The molecule has 3 atom stereocenters. The smallest absolute Gasteiger partial charge is 0.0319 e. The van der Waals surface area contributed by atoms with Gasteiger partial charge in [-0.3, -0.25) is 0 Å². The molecule has 0 N–H and O–H groups in total. The lowest BCUT2D eigenvalue weighted by Crippen LogP contribution is -1.77. The van der Waals surface area contributed by atoms with E-state index < -0.39 is 0 Å². The van der Waals surface area contributed by atoms with E-state index >= 15 is 0 Å². The van der Waals surface area contributed by atoms with Crippen LogP contribution in [0, 0.1) is 0 Å². The molecule has 0 radical (unpaired) electrons. The van der Waals surface area contributed by atoms with E-state index in [1.54, 1.807) is 0 Å². The fraction of sp³-hybridized carbons (Fsp3) is 1.00. The summed E-state index contributed by atoms with van der Waals surface area (Å²) >= 11 is 0. The second-order valence-corrected chi connectivity index (χ2v) is 4.51. The normalized spacial score (nSPS) is 11.2. The average Bonchev–Trinajstić information content (AvgIpc) is 1.81. The maximum Gasteiger partial charge on any atom is -0.0319 e.